The van der Waals surface area contributed by atoms with Gasteiger partial charge in [0.15, 0.2) is 11.6 Å². The number of nitrogens with zero attached hydrogens (tertiary/aromatic N) is 1. The average molecular weight is 461 g/mol. The second-order valence-electron chi connectivity index (χ2n) is 6.17. The number of nitrogens with two attached hydrogens (primary N) is 1. The second kappa shape index (κ2) is 8.57. The van der Waals surface area contributed by atoms with E-state index in [0.29, 0.717) is 0 Å². The summed E-state index contributed by atoms with van der Waals surface area (Å²) < 4.78 is 61.8. The maximum absolute atomic E-state index is 13.8. The monoisotopic (exact) mass is 460 g/mol. The molecule has 0 amide bonds. The molecule has 2 N–H and O–H groups in total. The number of halogens is 6. The molecule has 1 aromatic heterocycles. The number of anilines is 1. The van der Waals surface area contributed by atoms with Gasteiger partial charge in [0, 0.05) is 27.9 Å². The molecule has 0 bridgehead atoms. The van der Waals surface area contributed by atoms with Crippen molar-refractivity contribution in [2.75, 3.05) is 5.73 Å². The SMILES string of the molecule is CC(Oc1cc(-c2ccccc2OC(F)(F)F)cnc1N)c1c(Cl)ccc(F)c1Cl. The van der Waals surface area contributed by atoms with Crippen molar-refractivity contribution in [3.8, 4) is 22.6 Å². The Morgan fingerprint density at radius 3 is 2.47 bits per heavy atom. The maximum Gasteiger partial charge on any atom is 0.573 e. The first-order valence-corrected chi connectivity index (χ1v) is 9.23. The molecule has 3 aromatic rings. The predicted molar refractivity (Wildman–Crippen MR) is 106 cm³/mol. The Hall–Kier alpha value is -2.71. The van der Waals surface area contributed by atoms with Crippen LogP contribution in [0.25, 0.3) is 11.1 Å². The summed E-state index contributed by atoms with van der Waals surface area (Å²) in [5.74, 6) is -1.06. The Labute approximate surface area is 179 Å². The van der Waals surface area contributed by atoms with Gasteiger partial charge >= 0.3 is 6.36 Å². The molecule has 0 saturated carbocycles. The number of rotatable bonds is 5. The van der Waals surface area contributed by atoms with Crippen molar-refractivity contribution in [1.82, 2.24) is 4.98 Å². The number of hydrogen-bond donors (Lipinski definition) is 1. The molecule has 0 aliphatic carbocycles. The number of aromatic nitrogens is 1. The summed E-state index contributed by atoms with van der Waals surface area (Å²) in [5.41, 5.74) is 6.44. The molecular formula is C20H14Cl2F4N2O2. The molecule has 0 fully saturated rings. The Bertz CT molecular complexity index is 1080. The van der Waals surface area contributed by atoms with Gasteiger partial charge in [-0.15, -0.1) is 13.2 Å². The molecule has 1 heterocycles. The van der Waals surface area contributed by atoms with E-state index in [-0.39, 0.29) is 38.3 Å². The Balaban J connectivity index is 1.97. The molecule has 3 rings (SSSR count). The van der Waals surface area contributed by atoms with Crippen molar-refractivity contribution < 1.29 is 27.0 Å². The highest BCUT2D eigenvalue weighted by molar-refractivity contribution is 6.36. The van der Waals surface area contributed by atoms with Crippen LogP contribution in [0.2, 0.25) is 10.0 Å². The molecule has 0 aliphatic rings. The largest absolute Gasteiger partial charge is 0.573 e. The Morgan fingerprint density at radius 1 is 1.07 bits per heavy atom. The minimum atomic E-state index is -4.87. The van der Waals surface area contributed by atoms with Gasteiger partial charge in [0.05, 0.1) is 5.02 Å². The van der Waals surface area contributed by atoms with Crippen LogP contribution in [-0.4, -0.2) is 11.3 Å². The lowest BCUT2D eigenvalue weighted by atomic mass is 10.1. The number of nitrogen functional groups attached to an aromatic ring is 1. The normalized spacial score (nSPS) is 12.5. The lowest BCUT2D eigenvalue weighted by Crippen LogP contribution is -2.17. The van der Waals surface area contributed by atoms with Crippen LogP contribution in [0.5, 0.6) is 11.5 Å². The number of alkyl halides is 3. The summed E-state index contributed by atoms with van der Waals surface area (Å²) in [6.45, 7) is 1.57. The molecule has 0 saturated heterocycles. The fourth-order valence-electron chi connectivity index (χ4n) is 2.78. The highest BCUT2D eigenvalue weighted by Crippen LogP contribution is 2.39. The van der Waals surface area contributed by atoms with Crippen molar-refractivity contribution in [3.05, 3.63) is 70.1 Å². The van der Waals surface area contributed by atoms with Crippen molar-refractivity contribution in [2.24, 2.45) is 0 Å². The minimum Gasteiger partial charge on any atom is -0.482 e. The van der Waals surface area contributed by atoms with Gasteiger partial charge in [-0.2, -0.15) is 0 Å². The van der Waals surface area contributed by atoms with Gasteiger partial charge < -0.3 is 15.2 Å². The number of benzene rings is 2. The number of ether oxygens (including phenoxy) is 2. The van der Waals surface area contributed by atoms with Crippen LogP contribution in [0.3, 0.4) is 0 Å². The molecule has 1 unspecified atom stereocenters. The molecule has 0 radical (unpaired) electrons. The number of hydrogen-bond acceptors (Lipinski definition) is 4. The molecular weight excluding hydrogens is 447 g/mol. The van der Waals surface area contributed by atoms with E-state index in [1.54, 1.807) is 13.0 Å². The van der Waals surface area contributed by atoms with Crippen LogP contribution < -0.4 is 15.2 Å². The van der Waals surface area contributed by atoms with Gasteiger partial charge in [-0.3, -0.25) is 0 Å². The van der Waals surface area contributed by atoms with E-state index in [9.17, 15) is 17.6 Å². The average Bonchev–Trinajstić information content (AvgIpc) is 2.66. The topological polar surface area (TPSA) is 57.4 Å². The van der Waals surface area contributed by atoms with E-state index in [4.69, 9.17) is 33.7 Å². The van der Waals surface area contributed by atoms with Gasteiger partial charge in [-0.25, -0.2) is 9.37 Å². The van der Waals surface area contributed by atoms with Crippen LogP contribution in [0.15, 0.2) is 48.7 Å². The molecule has 158 valence electrons. The zero-order chi connectivity index (χ0) is 22.1. The highest BCUT2D eigenvalue weighted by atomic mass is 35.5. The second-order valence-corrected chi connectivity index (χ2v) is 6.95. The van der Waals surface area contributed by atoms with Gasteiger partial charge in [-0.1, -0.05) is 41.4 Å². The summed E-state index contributed by atoms with van der Waals surface area (Å²) in [6, 6.07) is 9.41. The van der Waals surface area contributed by atoms with Crippen molar-refractivity contribution in [3.63, 3.8) is 0 Å². The molecule has 4 nitrogen and oxygen atoms in total. The van der Waals surface area contributed by atoms with Crippen molar-refractivity contribution >= 4 is 29.0 Å². The summed E-state index contributed by atoms with van der Waals surface area (Å²) in [7, 11) is 0. The third-order valence-electron chi connectivity index (χ3n) is 4.10. The smallest absolute Gasteiger partial charge is 0.482 e. The van der Waals surface area contributed by atoms with E-state index < -0.39 is 24.0 Å². The van der Waals surface area contributed by atoms with Crippen LogP contribution >= 0.6 is 23.2 Å². The van der Waals surface area contributed by atoms with E-state index >= 15 is 0 Å². The van der Waals surface area contributed by atoms with Gasteiger partial charge in [0.2, 0.25) is 0 Å². The lowest BCUT2D eigenvalue weighted by Gasteiger charge is -2.19. The minimum absolute atomic E-state index is 0.0246. The first-order valence-electron chi connectivity index (χ1n) is 8.47. The fraction of sp³-hybridized carbons (Fsp3) is 0.150. The predicted octanol–water partition coefficient (Wildman–Crippen LogP) is 6.82. The van der Waals surface area contributed by atoms with Crippen LogP contribution in [-0.2, 0) is 0 Å². The first kappa shape index (κ1) is 22.0. The zero-order valence-electron chi connectivity index (χ0n) is 15.3. The summed E-state index contributed by atoms with van der Waals surface area (Å²) in [4.78, 5) is 3.98. The summed E-state index contributed by atoms with van der Waals surface area (Å²) >= 11 is 12.1. The van der Waals surface area contributed by atoms with E-state index in [1.165, 1.54) is 36.5 Å². The van der Waals surface area contributed by atoms with Gasteiger partial charge in [-0.05, 0) is 31.2 Å². The summed E-state index contributed by atoms with van der Waals surface area (Å²) in [6.07, 6.45) is -4.41. The van der Waals surface area contributed by atoms with Crippen molar-refractivity contribution in [1.29, 1.82) is 0 Å². The molecule has 10 heteroatoms. The molecule has 30 heavy (non-hydrogen) atoms. The Morgan fingerprint density at radius 2 is 1.77 bits per heavy atom. The van der Waals surface area contributed by atoms with Crippen LogP contribution in [0.1, 0.15) is 18.6 Å². The molecule has 0 spiro atoms. The lowest BCUT2D eigenvalue weighted by molar-refractivity contribution is -0.274. The maximum atomic E-state index is 13.8. The molecule has 2 aromatic carbocycles. The summed E-state index contributed by atoms with van der Waals surface area (Å²) in [5, 5.41) is -0.0258. The molecule has 0 aliphatic heterocycles. The standard InChI is InChI=1S/C20H14Cl2F4N2O2/c1-10(17-13(21)6-7-14(23)18(17)22)29-16-8-11(9-28-19(16)27)12-4-2-3-5-15(12)30-20(24,25)26/h2-10H,1H3,(H2,27,28). The quantitative estimate of drug-likeness (QED) is 0.335. The first-order chi connectivity index (χ1) is 14.1. The van der Waals surface area contributed by atoms with Crippen LogP contribution in [0.4, 0.5) is 23.4 Å². The fourth-order valence-corrected chi connectivity index (χ4v) is 3.46. The third kappa shape index (κ3) is 4.88. The van der Waals surface area contributed by atoms with E-state index in [1.807, 2.05) is 0 Å². The number of pyridine rings is 1. The number of para-hydroxylation sites is 1. The van der Waals surface area contributed by atoms with Crippen LogP contribution in [0, 0.1) is 5.82 Å². The highest BCUT2D eigenvalue weighted by Gasteiger charge is 2.32. The van der Waals surface area contributed by atoms with E-state index in [0.717, 1.165) is 6.07 Å². The Kier molecular flexibility index (Phi) is 6.28. The van der Waals surface area contributed by atoms with E-state index in [2.05, 4.69) is 9.72 Å². The third-order valence-corrected chi connectivity index (χ3v) is 4.81. The van der Waals surface area contributed by atoms with Crippen molar-refractivity contribution in [2.45, 2.75) is 19.4 Å². The molecule has 1 atom stereocenters. The van der Waals surface area contributed by atoms with Gasteiger partial charge in [0.25, 0.3) is 0 Å². The van der Waals surface area contributed by atoms with Gasteiger partial charge in [0.1, 0.15) is 17.7 Å². The zero-order valence-corrected chi connectivity index (χ0v) is 16.8.